The topological polar surface area (TPSA) is 59.0 Å². The number of nitrogens with zero attached hydrogens (tertiary/aromatic N) is 2. The van der Waals surface area contributed by atoms with E-state index in [4.69, 9.17) is 17.7 Å². The second-order valence-electron chi connectivity index (χ2n) is 20.7. The van der Waals surface area contributed by atoms with Crippen LogP contribution in [0.1, 0.15) is 0 Å². The first kappa shape index (κ1) is 42.8. The summed E-state index contributed by atoms with van der Waals surface area (Å²) in [6.45, 7) is 0. The average Bonchev–Trinajstić information content (AvgIpc) is 4.41. The highest BCUT2D eigenvalue weighted by molar-refractivity contribution is 7.26. The Hall–Kier alpha value is -10.3. The Morgan fingerprint density at radius 1 is 0.215 bits per heavy atom. The van der Waals surface area contributed by atoms with Crippen LogP contribution in [0.5, 0.6) is 0 Å². The molecule has 5 aromatic heterocycles. The van der Waals surface area contributed by atoms with Crippen LogP contribution in [-0.4, -0.2) is 0 Å². The van der Waals surface area contributed by atoms with Gasteiger partial charge in [-0.25, -0.2) is 0 Å². The molecular weight excluding hydrogens is 989 g/mol. The van der Waals surface area contributed by atoms with E-state index in [0.29, 0.717) is 0 Å². The van der Waals surface area contributed by atoms with Crippen molar-refractivity contribution in [3.63, 3.8) is 0 Å². The van der Waals surface area contributed by atoms with Crippen LogP contribution >= 0.6 is 11.3 Å². The summed E-state index contributed by atoms with van der Waals surface area (Å²) in [5.74, 6) is 0. The second-order valence-corrected chi connectivity index (χ2v) is 21.8. The van der Waals surface area contributed by atoms with Gasteiger partial charge in [-0.1, -0.05) is 127 Å². The van der Waals surface area contributed by atoms with Crippen LogP contribution in [0.4, 0.5) is 34.1 Å². The number of rotatable bonds is 6. The molecule has 0 fully saturated rings. The number of thiophene rings is 1. The van der Waals surface area contributed by atoms with Crippen LogP contribution in [0.3, 0.4) is 0 Å². The van der Waals surface area contributed by atoms with E-state index in [1.165, 1.54) is 52.5 Å². The molecular formula is C72H40N2O4S. The minimum absolute atomic E-state index is 0.835. The van der Waals surface area contributed by atoms with Crippen LogP contribution in [0.15, 0.2) is 260 Å². The first-order valence-electron chi connectivity index (χ1n) is 26.6. The summed E-state index contributed by atoms with van der Waals surface area (Å²) in [5, 5.41) is 18.3. The van der Waals surface area contributed by atoms with E-state index in [9.17, 15) is 0 Å². The lowest BCUT2D eigenvalue weighted by Gasteiger charge is -2.26. The van der Waals surface area contributed by atoms with E-state index in [1.54, 1.807) is 0 Å². The van der Waals surface area contributed by atoms with Crippen LogP contribution < -0.4 is 9.80 Å². The summed E-state index contributed by atoms with van der Waals surface area (Å²) in [6, 6.07) is 86.8. The summed E-state index contributed by atoms with van der Waals surface area (Å²) in [6.07, 6.45) is 0. The van der Waals surface area contributed by atoms with E-state index in [2.05, 4.69) is 216 Å². The molecule has 0 aliphatic carbocycles. The van der Waals surface area contributed by atoms with Crippen molar-refractivity contribution < 1.29 is 17.7 Å². The first-order valence-corrected chi connectivity index (χ1v) is 27.4. The zero-order valence-electron chi connectivity index (χ0n) is 42.0. The molecule has 0 unspecified atom stereocenters. The van der Waals surface area contributed by atoms with Gasteiger partial charge in [0.1, 0.15) is 33.5 Å². The fourth-order valence-corrected chi connectivity index (χ4v) is 14.0. The quantitative estimate of drug-likeness (QED) is 0.155. The molecule has 5 heterocycles. The first-order chi connectivity index (χ1) is 39.1. The van der Waals surface area contributed by atoms with Gasteiger partial charge in [0.15, 0.2) is 11.2 Å². The molecule has 0 bridgehead atoms. The van der Waals surface area contributed by atoms with Crippen molar-refractivity contribution in [2.24, 2.45) is 0 Å². The molecule has 0 saturated heterocycles. The van der Waals surface area contributed by atoms with Crippen LogP contribution in [-0.2, 0) is 0 Å². The van der Waals surface area contributed by atoms with E-state index < -0.39 is 0 Å². The fourth-order valence-electron chi connectivity index (χ4n) is 12.9. The maximum Gasteiger partial charge on any atom is 0.159 e. The van der Waals surface area contributed by atoms with Crippen molar-refractivity contribution in [3.8, 4) is 0 Å². The molecule has 0 aliphatic heterocycles. The van der Waals surface area contributed by atoms with E-state index in [-0.39, 0.29) is 0 Å². The predicted molar refractivity (Wildman–Crippen MR) is 330 cm³/mol. The second kappa shape index (κ2) is 16.1. The van der Waals surface area contributed by atoms with Gasteiger partial charge in [0.05, 0.1) is 11.4 Å². The third kappa shape index (κ3) is 6.21. The highest BCUT2D eigenvalue weighted by atomic mass is 32.1. The number of benzene rings is 13. The standard InChI is InChI=1S/C72H40N2O4S/c1-2-14-46-45(13-1)54-35-41(73(42-28-32-67-57(36-42)50-17-5-7-23-63(50)75-67)61-21-11-19-52-48-15-3-9-25-65(48)77-71(52)61)27-31-47(54)56-40-70-60(39-55(46)56)59-38-44(30-34-69(59)79-70)74(43-29-33-68-58(37-43)51-18-6-8-24-64(51)76-68)62-22-12-20-53-49-16-4-10-26-66(49)78-72(53)62/h1-40H. The predicted octanol–water partition coefficient (Wildman–Crippen LogP) is 22.1. The third-order valence-corrected chi connectivity index (χ3v) is 17.5. The molecule has 0 N–H and O–H groups in total. The summed E-state index contributed by atoms with van der Waals surface area (Å²) < 4.78 is 28.7. The maximum absolute atomic E-state index is 6.78. The van der Waals surface area contributed by atoms with Gasteiger partial charge in [-0.3, -0.25) is 0 Å². The smallest absolute Gasteiger partial charge is 0.159 e. The van der Waals surface area contributed by atoms with Crippen molar-refractivity contribution >= 4 is 186 Å². The molecule has 18 aromatic rings. The molecule has 18 rings (SSSR count). The molecule has 0 amide bonds. The van der Waals surface area contributed by atoms with Crippen LogP contribution in [0, 0.1) is 0 Å². The van der Waals surface area contributed by atoms with Crippen molar-refractivity contribution in [2.45, 2.75) is 0 Å². The molecule has 368 valence electrons. The van der Waals surface area contributed by atoms with E-state index in [1.807, 2.05) is 47.7 Å². The Kier molecular flexibility index (Phi) is 8.73. The fraction of sp³-hybridized carbons (Fsp3) is 0. The number of anilines is 6. The monoisotopic (exact) mass is 1030 g/mol. The molecule has 6 nitrogen and oxygen atoms in total. The van der Waals surface area contributed by atoms with Crippen molar-refractivity contribution in [1.29, 1.82) is 0 Å². The zero-order chi connectivity index (χ0) is 51.4. The Bertz CT molecular complexity index is 5620. The minimum atomic E-state index is 0.835. The van der Waals surface area contributed by atoms with Gasteiger partial charge in [0.25, 0.3) is 0 Å². The molecule has 0 spiro atoms. The zero-order valence-corrected chi connectivity index (χ0v) is 42.8. The van der Waals surface area contributed by atoms with Gasteiger partial charge in [-0.15, -0.1) is 11.3 Å². The van der Waals surface area contributed by atoms with Gasteiger partial charge in [-0.2, -0.15) is 0 Å². The Morgan fingerprint density at radius 2 is 0.570 bits per heavy atom. The Labute approximate surface area is 453 Å². The summed E-state index contributed by atoms with van der Waals surface area (Å²) in [5.41, 5.74) is 12.8. The molecule has 0 atom stereocenters. The summed E-state index contributed by atoms with van der Waals surface area (Å²) in [4.78, 5) is 4.70. The maximum atomic E-state index is 6.78. The lowest BCUT2D eigenvalue weighted by molar-refractivity contribution is 0.668. The van der Waals surface area contributed by atoms with Gasteiger partial charge in [-0.05, 0) is 148 Å². The molecule has 0 aliphatic rings. The molecule has 0 saturated carbocycles. The molecule has 79 heavy (non-hydrogen) atoms. The van der Waals surface area contributed by atoms with Gasteiger partial charge in [0.2, 0.25) is 0 Å². The number of hydrogen-bond acceptors (Lipinski definition) is 7. The highest BCUT2D eigenvalue weighted by Gasteiger charge is 2.25. The largest absolute Gasteiger partial charge is 0.456 e. The Balaban J connectivity index is 0.841. The lowest BCUT2D eigenvalue weighted by Crippen LogP contribution is -2.10. The van der Waals surface area contributed by atoms with Crippen LogP contribution in [0.2, 0.25) is 0 Å². The van der Waals surface area contributed by atoms with E-state index in [0.717, 1.165) is 122 Å². The molecule has 7 heteroatoms. The van der Waals surface area contributed by atoms with Crippen LogP contribution in [0.25, 0.3) is 140 Å². The third-order valence-electron chi connectivity index (χ3n) is 16.4. The van der Waals surface area contributed by atoms with Gasteiger partial charge < -0.3 is 27.5 Å². The number of furan rings is 4. The number of para-hydroxylation sites is 6. The van der Waals surface area contributed by atoms with Crippen molar-refractivity contribution in [1.82, 2.24) is 0 Å². The normalized spacial score (nSPS) is 12.3. The lowest BCUT2D eigenvalue weighted by atomic mass is 9.92. The number of fused-ring (bicyclic) bond motifs is 21. The van der Waals surface area contributed by atoms with Crippen molar-refractivity contribution in [3.05, 3.63) is 243 Å². The molecule has 0 radical (unpaired) electrons. The van der Waals surface area contributed by atoms with E-state index >= 15 is 0 Å². The molecule has 13 aromatic carbocycles. The SMILES string of the molecule is c1ccc2c(c1)oc1ccc(N(c3ccc4sc5cc6c7ccc(N(c8ccc9oc%10ccccc%10c9c8)c8cccc9c8oc8ccccc89)cc7c7ccccc7c6cc5c4c3)c3cccc4c3oc3ccccc34)cc12. The number of hydrogen-bond donors (Lipinski definition) is 0. The Morgan fingerprint density at radius 3 is 1.10 bits per heavy atom. The summed E-state index contributed by atoms with van der Waals surface area (Å²) >= 11 is 1.84. The van der Waals surface area contributed by atoms with Crippen molar-refractivity contribution in [2.75, 3.05) is 9.80 Å². The highest BCUT2D eigenvalue weighted by Crippen LogP contribution is 2.50. The average molecular weight is 1030 g/mol. The minimum Gasteiger partial charge on any atom is -0.456 e. The van der Waals surface area contributed by atoms with Gasteiger partial charge >= 0.3 is 0 Å². The van der Waals surface area contributed by atoms with Gasteiger partial charge in [0, 0.05) is 86.0 Å². The summed E-state index contributed by atoms with van der Waals surface area (Å²) in [7, 11) is 0.